The summed E-state index contributed by atoms with van der Waals surface area (Å²) in [4.78, 5) is 54.5. The van der Waals surface area contributed by atoms with Crippen molar-refractivity contribution < 1.29 is 77.1 Å². The van der Waals surface area contributed by atoms with Crippen LogP contribution < -0.4 is 0 Å². The Kier molecular flexibility index (Phi) is 7.20. The van der Waals surface area contributed by atoms with Crippen LogP contribution in [-0.2, 0) is 61.8 Å². The first-order valence-corrected chi connectivity index (χ1v) is 17.2. The second-order valence-electron chi connectivity index (χ2n) is 15.8. The number of carbonyl (C=O) groups is 4. The van der Waals surface area contributed by atoms with Gasteiger partial charge in [0.05, 0.1) is 52.0 Å². The van der Waals surface area contributed by atoms with Crippen LogP contribution in [0.5, 0.6) is 0 Å². The van der Waals surface area contributed by atoms with Crippen LogP contribution in [0.2, 0.25) is 0 Å². The Morgan fingerprint density at radius 1 is 0.941 bits per heavy atom. The molecule has 5 heterocycles. The van der Waals surface area contributed by atoms with E-state index in [1.807, 2.05) is 0 Å². The maximum Gasteiger partial charge on any atom is 0.366 e. The standard InChI is InChI=1S/C35H44O16/c1-8-15(2)24(37)49-18-12-19(48-16(3)36)32(26(38)43-6)13-46-21-22(32)31(18)14-47-34(41,27(39)44-7)25(31)29(4)23(21)51-30(5)17-11-20(35(29,30)42)50-28-33(17,40)9-10-45-28/h8-10,17-23,25,28,40-42H,11-14H2,1-7H3/b15-8+/t17?,18-,19+,20?,21+,22+,23+,25-,28?,29-,30+,31-,32-,33?,34-,35-/m0/s1. The van der Waals surface area contributed by atoms with Gasteiger partial charge in [0.25, 0.3) is 5.79 Å². The van der Waals surface area contributed by atoms with Crippen LogP contribution in [-0.4, -0.2) is 126 Å². The SMILES string of the molecule is C/C=C(\C)C(=O)O[C@H]1C[C@@H](OC(C)=O)[C@@]2(C(=O)OC)CO[C@H]3[C@H]4O[C@]5(C)C6CC(OC7OC=CC76O)[C@]5(O)[C@]4(C)[C@H]4[C@]1(CO[C@]4(O)C(=O)OC)[C@@H]32. The van der Waals surface area contributed by atoms with Crippen LogP contribution >= 0.6 is 0 Å². The van der Waals surface area contributed by atoms with Crippen molar-refractivity contribution in [3.8, 4) is 0 Å². The number of ether oxygens (including phenoxy) is 9. The molecule has 3 aliphatic carbocycles. The number of rotatable bonds is 5. The Balaban J connectivity index is 1.42. The zero-order valence-corrected chi connectivity index (χ0v) is 29.4. The summed E-state index contributed by atoms with van der Waals surface area (Å²) in [6.45, 7) is 6.79. The molecule has 0 aromatic heterocycles. The molecule has 16 nitrogen and oxygen atoms in total. The quantitative estimate of drug-likeness (QED) is 0.191. The van der Waals surface area contributed by atoms with Crippen LogP contribution in [0.1, 0.15) is 47.5 Å². The van der Waals surface area contributed by atoms with Crippen molar-refractivity contribution in [2.24, 2.45) is 34.0 Å². The highest BCUT2D eigenvalue weighted by Crippen LogP contribution is 2.81. The summed E-state index contributed by atoms with van der Waals surface area (Å²) in [7, 11) is 2.24. The largest absolute Gasteiger partial charge is 0.469 e. The molecule has 0 amide bonds. The number of esters is 4. The lowest BCUT2D eigenvalue weighted by Crippen LogP contribution is -2.79. The lowest BCUT2D eigenvalue weighted by Gasteiger charge is -2.65. The van der Waals surface area contributed by atoms with Crippen LogP contribution in [0.4, 0.5) is 0 Å². The van der Waals surface area contributed by atoms with E-state index < -0.39 is 124 Å². The van der Waals surface area contributed by atoms with E-state index in [9.17, 15) is 34.5 Å². The molecular weight excluding hydrogens is 676 g/mol. The Labute approximate surface area is 293 Å². The summed E-state index contributed by atoms with van der Waals surface area (Å²) in [6.07, 6.45) is -3.09. The van der Waals surface area contributed by atoms with Gasteiger partial charge in [0.15, 0.2) is 5.60 Å². The van der Waals surface area contributed by atoms with Crippen molar-refractivity contribution in [3.05, 3.63) is 24.0 Å². The summed E-state index contributed by atoms with van der Waals surface area (Å²) >= 11 is 0. The number of hydrogen-bond acceptors (Lipinski definition) is 16. The van der Waals surface area contributed by atoms with Gasteiger partial charge in [-0.3, -0.25) is 9.59 Å². The first kappa shape index (κ1) is 34.9. The highest BCUT2D eigenvalue weighted by molar-refractivity contribution is 5.88. The van der Waals surface area contributed by atoms with E-state index in [-0.39, 0.29) is 25.0 Å². The maximum atomic E-state index is 14.3. The van der Waals surface area contributed by atoms with Crippen LogP contribution in [0.3, 0.4) is 0 Å². The molecule has 0 aromatic carbocycles. The first-order valence-electron chi connectivity index (χ1n) is 17.2. The number of allylic oxidation sites excluding steroid dienone is 1. The molecule has 8 rings (SSSR count). The molecule has 7 fully saturated rings. The molecule has 280 valence electrons. The summed E-state index contributed by atoms with van der Waals surface area (Å²) in [5, 5.41) is 38.2. The van der Waals surface area contributed by atoms with E-state index in [0.29, 0.717) is 0 Å². The average molecular weight is 721 g/mol. The van der Waals surface area contributed by atoms with Gasteiger partial charge in [-0.1, -0.05) is 13.0 Å². The van der Waals surface area contributed by atoms with Gasteiger partial charge < -0.3 is 58.0 Å². The van der Waals surface area contributed by atoms with Crippen molar-refractivity contribution in [1.29, 1.82) is 0 Å². The Morgan fingerprint density at radius 3 is 2.29 bits per heavy atom. The summed E-state index contributed by atoms with van der Waals surface area (Å²) in [5.41, 5.74) is -10.6. The van der Waals surface area contributed by atoms with Gasteiger partial charge >= 0.3 is 23.9 Å². The molecule has 3 saturated carbocycles. The van der Waals surface area contributed by atoms with Crippen molar-refractivity contribution in [3.63, 3.8) is 0 Å². The summed E-state index contributed by atoms with van der Waals surface area (Å²) in [6, 6.07) is 0. The second-order valence-corrected chi connectivity index (χ2v) is 15.8. The first-order chi connectivity index (χ1) is 23.9. The molecule has 2 bridgehead atoms. The predicted molar refractivity (Wildman–Crippen MR) is 164 cm³/mol. The highest BCUT2D eigenvalue weighted by Gasteiger charge is 2.94. The third-order valence-corrected chi connectivity index (χ3v) is 14.2. The van der Waals surface area contributed by atoms with Crippen molar-refractivity contribution in [2.45, 2.75) is 107 Å². The Morgan fingerprint density at radius 2 is 1.65 bits per heavy atom. The number of fused-ring (bicyclic) bond motifs is 11. The monoisotopic (exact) mass is 720 g/mol. The predicted octanol–water partition coefficient (Wildman–Crippen LogP) is -0.203. The van der Waals surface area contributed by atoms with Gasteiger partial charge in [-0.2, -0.15) is 0 Å². The average Bonchev–Trinajstić information content (AvgIpc) is 3.85. The molecule has 4 saturated heterocycles. The van der Waals surface area contributed by atoms with E-state index in [4.69, 9.17) is 42.6 Å². The fraction of sp³-hybridized carbons (Fsp3) is 0.771. The van der Waals surface area contributed by atoms with Gasteiger partial charge in [-0.05, 0) is 33.3 Å². The van der Waals surface area contributed by atoms with Crippen molar-refractivity contribution >= 4 is 23.9 Å². The summed E-state index contributed by atoms with van der Waals surface area (Å²) < 4.78 is 54.4. The van der Waals surface area contributed by atoms with Crippen molar-refractivity contribution in [2.75, 3.05) is 27.4 Å². The number of hydrogen-bond donors (Lipinski definition) is 3. The molecule has 51 heavy (non-hydrogen) atoms. The van der Waals surface area contributed by atoms with E-state index in [0.717, 1.165) is 7.11 Å². The highest BCUT2D eigenvalue weighted by atomic mass is 16.7. The lowest BCUT2D eigenvalue weighted by atomic mass is 9.37. The van der Waals surface area contributed by atoms with Crippen LogP contribution in [0, 0.1) is 34.0 Å². The maximum absolute atomic E-state index is 14.3. The minimum absolute atomic E-state index is 0.0989. The van der Waals surface area contributed by atoms with Crippen LogP contribution in [0.25, 0.3) is 0 Å². The normalized spacial score (nSPS) is 53.9. The molecule has 3 N–H and O–H groups in total. The molecule has 4 unspecified atom stereocenters. The lowest BCUT2D eigenvalue weighted by molar-refractivity contribution is -0.315. The Bertz CT molecular complexity index is 1660. The zero-order valence-electron chi connectivity index (χ0n) is 29.4. The molecule has 0 radical (unpaired) electrons. The fourth-order valence-corrected chi connectivity index (χ4v) is 12.2. The molecule has 1 spiro atoms. The molecular formula is C35H44O16. The van der Waals surface area contributed by atoms with E-state index in [2.05, 4.69) is 0 Å². The van der Waals surface area contributed by atoms with Gasteiger partial charge in [0, 0.05) is 47.5 Å². The van der Waals surface area contributed by atoms with Gasteiger partial charge in [-0.25, -0.2) is 9.59 Å². The molecule has 16 atom stereocenters. The van der Waals surface area contributed by atoms with E-state index in [1.54, 1.807) is 33.8 Å². The van der Waals surface area contributed by atoms with Gasteiger partial charge in [0.2, 0.25) is 6.29 Å². The van der Waals surface area contributed by atoms with E-state index >= 15 is 0 Å². The molecule has 5 aliphatic heterocycles. The minimum atomic E-state index is -2.82. The zero-order chi connectivity index (χ0) is 36.9. The second kappa shape index (κ2) is 10.5. The molecule has 8 aliphatic rings. The van der Waals surface area contributed by atoms with E-state index in [1.165, 1.54) is 26.4 Å². The topological polar surface area (TPSA) is 212 Å². The Hall–Kier alpha value is -3.12. The fourth-order valence-electron chi connectivity index (χ4n) is 12.2. The van der Waals surface area contributed by atoms with Crippen LogP contribution in [0.15, 0.2) is 24.0 Å². The molecule has 0 aromatic rings. The summed E-state index contributed by atoms with van der Waals surface area (Å²) in [5.74, 6) is -9.88. The number of carbonyl (C=O) groups excluding carboxylic acids is 4. The third kappa shape index (κ3) is 3.60. The smallest absolute Gasteiger partial charge is 0.366 e. The molecule has 16 heteroatoms. The van der Waals surface area contributed by atoms with Gasteiger partial charge in [0.1, 0.15) is 28.8 Å². The van der Waals surface area contributed by atoms with Gasteiger partial charge in [-0.15, -0.1) is 0 Å². The number of aliphatic hydroxyl groups is 3. The minimum Gasteiger partial charge on any atom is -0.469 e. The van der Waals surface area contributed by atoms with Crippen molar-refractivity contribution in [1.82, 2.24) is 0 Å². The third-order valence-electron chi connectivity index (χ3n) is 14.2. The number of methoxy groups -OCH3 is 2.